The Morgan fingerprint density at radius 3 is 2.60 bits per heavy atom. The van der Waals surface area contributed by atoms with Crippen LogP contribution in [-0.2, 0) is 14.3 Å². The van der Waals surface area contributed by atoms with Crippen LogP contribution in [0.1, 0.15) is 26.7 Å². The summed E-state index contributed by atoms with van der Waals surface area (Å²) in [6.45, 7) is 3.87. The van der Waals surface area contributed by atoms with Crippen molar-refractivity contribution < 1.29 is 19.1 Å². The van der Waals surface area contributed by atoms with Crippen molar-refractivity contribution in [2.75, 3.05) is 20.8 Å². The maximum atomic E-state index is 13.3. The van der Waals surface area contributed by atoms with Gasteiger partial charge in [0.25, 0.3) is 5.91 Å². The van der Waals surface area contributed by atoms with Crippen molar-refractivity contribution in [3.8, 4) is 0 Å². The van der Waals surface area contributed by atoms with Gasteiger partial charge in [-0.1, -0.05) is 0 Å². The van der Waals surface area contributed by atoms with Gasteiger partial charge in [-0.05, 0) is 26.7 Å². The Kier molecular flexibility index (Phi) is 5.45. The zero-order chi connectivity index (χ0) is 18.8. The molecule has 0 bridgehead atoms. The molecule has 2 aliphatic heterocycles. The molecular formula is C15H28N6O4. The van der Waals surface area contributed by atoms with Crippen molar-refractivity contribution in [1.29, 1.82) is 0 Å². The molecule has 25 heavy (non-hydrogen) atoms. The zero-order valence-corrected chi connectivity index (χ0v) is 15.1. The van der Waals surface area contributed by atoms with E-state index in [0.29, 0.717) is 6.54 Å². The number of amides is 2. The average Bonchev–Trinajstić information content (AvgIpc) is 3.21. The summed E-state index contributed by atoms with van der Waals surface area (Å²) < 4.78 is 9.79. The first kappa shape index (κ1) is 19.3. The Bertz CT molecular complexity index is 566. The predicted molar refractivity (Wildman–Crippen MR) is 90.6 cm³/mol. The largest absolute Gasteiger partial charge is 0.453 e. The van der Waals surface area contributed by atoms with Gasteiger partial charge in [0.2, 0.25) is 5.66 Å². The fourth-order valence-electron chi connectivity index (χ4n) is 3.13. The Balaban J connectivity index is 2.27. The lowest BCUT2D eigenvalue weighted by molar-refractivity contribution is -0.154. The van der Waals surface area contributed by atoms with Gasteiger partial charge in [0.05, 0.1) is 13.2 Å². The van der Waals surface area contributed by atoms with Crippen LogP contribution in [-0.4, -0.2) is 61.3 Å². The summed E-state index contributed by atoms with van der Waals surface area (Å²) in [5.74, 6) is -0.527. The molecule has 2 heterocycles. The number of ether oxygens (including phenoxy) is 2. The molecule has 10 heteroatoms. The highest BCUT2D eigenvalue weighted by Gasteiger charge is 2.55. The van der Waals surface area contributed by atoms with Gasteiger partial charge in [0.1, 0.15) is 6.17 Å². The van der Waals surface area contributed by atoms with E-state index in [9.17, 15) is 9.59 Å². The third kappa shape index (κ3) is 3.51. The van der Waals surface area contributed by atoms with E-state index in [2.05, 4.69) is 20.7 Å². The maximum absolute atomic E-state index is 13.3. The van der Waals surface area contributed by atoms with Crippen LogP contribution in [0.4, 0.5) is 4.79 Å². The molecule has 2 amide bonds. The Morgan fingerprint density at radius 1 is 1.40 bits per heavy atom. The minimum absolute atomic E-state index is 0.125. The van der Waals surface area contributed by atoms with E-state index in [0.717, 1.165) is 18.5 Å². The Labute approximate surface area is 147 Å². The molecule has 0 spiro atoms. The number of rotatable bonds is 5. The third-order valence-electron chi connectivity index (χ3n) is 4.84. The quantitative estimate of drug-likeness (QED) is 0.382. The molecule has 0 aromatic carbocycles. The summed E-state index contributed by atoms with van der Waals surface area (Å²) in [5, 5.41) is 8.84. The van der Waals surface area contributed by atoms with Crippen molar-refractivity contribution >= 4 is 12.0 Å². The van der Waals surface area contributed by atoms with Crippen molar-refractivity contribution in [1.82, 2.24) is 20.9 Å². The van der Waals surface area contributed by atoms with Gasteiger partial charge >= 0.3 is 6.09 Å². The molecule has 4 atom stereocenters. The minimum atomic E-state index is -1.99. The molecule has 142 valence electrons. The lowest BCUT2D eigenvalue weighted by atomic mass is 9.96. The van der Waals surface area contributed by atoms with Crippen molar-refractivity contribution in [3.05, 3.63) is 11.9 Å². The zero-order valence-electron chi connectivity index (χ0n) is 15.1. The summed E-state index contributed by atoms with van der Waals surface area (Å²) in [6.07, 6.45) is 2.48. The van der Waals surface area contributed by atoms with Crippen molar-refractivity contribution in [2.45, 2.75) is 50.3 Å². The van der Waals surface area contributed by atoms with Crippen LogP contribution in [0.5, 0.6) is 0 Å². The van der Waals surface area contributed by atoms with Gasteiger partial charge in [0, 0.05) is 25.6 Å². The fourth-order valence-corrected chi connectivity index (χ4v) is 3.13. The smallest absolute Gasteiger partial charge is 0.408 e. The molecule has 7 N–H and O–H groups in total. The second kappa shape index (κ2) is 7.06. The summed E-state index contributed by atoms with van der Waals surface area (Å²) in [6, 6.07) is -0.142. The molecule has 2 aliphatic rings. The molecule has 1 unspecified atom stereocenters. The monoisotopic (exact) mass is 356 g/mol. The topological polar surface area (TPSA) is 144 Å². The van der Waals surface area contributed by atoms with E-state index < -0.39 is 23.4 Å². The summed E-state index contributed by atoms with van der Waals surface area (Å²) in [4.78, 5) is 26.7. The number of hydrogen-bond donors (Lipinski definition) is 5. The number of carbonyl (C=O) groups is 2. The molecule has 0 radical (unpaired) electrons. The number of methoxy groups -OCH3 is 2. The fraction of sp³-hybridized carbons (Fsp3) is 0.733. The Hall–Kier alpha value is -2.04. The first-order valence-corrected chi connectivity index (χ1v) is 8.15. The predicted octanol–water partition coefficient (Wildman–Crippen LogP) is -1.31. The number of nitrogens with one attached hydrogen (secondary N) is 3. The standard InChI is InChI=1S/C15H28N6O4/c1-9-8-18-11(19-9)10-6-5-7-21(10)12(22)15(17,14(2,16)25-4)20-13(23)24-3/h8,10-11,18-19H,5-7,16-17H2,1-4H3,(H,20,23)/t10-,11?,14+,15+/m0/s1. The minimum Gasteiger partial charge on any atom is -0.453 e. The number of allylic oxidation sites excluding steroid dienone is 1. The van der Waals surface area contributed by atoms with E-state index in [1.165, 1.54) is 21.1 Å². The number of nitrogens with two attached hydrogens (primary N) is 2. The number of likely N-dealkylation sites (tertiary alicyclic amines) is 1. The van der Waals surface area contributed by atoms with Crippen LogP contribution < -0.4 is 27.4 Å². The van der Waals surface area contributed by atoms with E-state index in [1.807, 2.05) is 13.1 Å². The Morgan fingerprint density at radius 2 is 2.08 bits per heavy atom. The van der Waals surface area contributed by atoms with Gasteiger partial charge in [0.15, 0.2) is 5.72 Å². The summed E-state index contributed by atoms with van der Waals surface area (Å²) >= 11 is 0. The highest BCUT2D eigenvalue weighted by Crippen LogP contribution is 2.27. The van der Waals surface area contributed by atoms with Gasteiger partial charge < -0.3 is 30.7 Å². The first-order valence-electron chi connectivity index (χ1n) is 8.15. The van der Waals surface area contributed by atoms with E-state index in [4.69, 9.17) is 16.2 Å². The second-order valence-electron chi connectivity index (χ2n) is 6.56. The SMILES string of the molecule is COC(=O)N[C@](N)(C(=O)N1CCC[C@H]1C1NC=C(C)N1)[C@](C)(N)OC. The van der Waals surface area contributed by atoms with Crippen LogP contribution in [0.3, 0.4) is 0 Å². The lowest BCUT2D eigenvalue weighted by Crippen LogP contribution is -2.80. The molecule has 1 fully saturated rings. The molecule has 1 saturated heterocycles. The van der Waals surface area contributed by atoms with Crippen LogP contribution in [0, 0.1) is 0 Å². The normalized spacial score (nSPS) is 27.4. The molecule has 0 saturated carbocycles. The number of alkyl carbamates (subject to hydrolysis) is 1. The maximum Gasteiger partial charge on any atom is 0.408 e. The summed E-state index contributed by atoms with van der Waals surface area (Å²) in [7, 11) is 2.50. The molecular weight excluding hydrogens is 328 g/mol. The molecule has 2 rings (SSSR count). The number of carbonyl (C=O) groups excluding carboxylic acids is 2. The van der Waals surface area contributed by atoms with E-state index in [1.54, 1.807) is 4.90 Å². The first-order chi connectivity index (χ1) is 11.7. The molecule has 0 aliphatic carbocycles. The number of nitrogens with zero attached hydrogens (tertiary/aromatic N) is 1. The highest BCUT2D eigenvalue weighted by molar-refractivity contribution is 5.91. The van der Waals surface area contributed by atoms with Crippen LogP contribution in [0.2, 0.25) is 0 Å². The number of hydrogen-bond acceptors (Lipinski definition) is 8. The third-order valence-corrected chi connectivity index (χ3v) is 4.84. The van der Waals surface area contributed by atoms with Gasteiger partial charge in [-0.3, -0.25) is 15.8 Å². The van der Waals surface area contributed by atoms with Crippen LogP contribution in [0.15, 0.2) is 11.9 Å². The second-order valence-corrected chi connectivity index (χ2v) is 6.56. The van der Waals surface area contributed by atoms with E-state index in [-0.39, 0.29) is 12.2 Å². The molecule has 10 nitrogen and oxygen atoms in total. The summed E-state index contributed by atoms with van der Waals surface area (Å²) in [5.41, 5.74) is 9.70. The van der Waals surface area contributed by atoms with Crippen molar-refractivity contribution in [2.24, 2.45) is 11.5 Å². The average molecular weight is 356 g/mol. The van der Waals surface area contributed by atoms with Gasteiger partial charge in [-0.25, -0.2) is 4.79 Å². The lowest BCUT2D eigenvalue weighted by Gasteiger charge is -2.44. The van der Waals surface area contributed by atoms with Gasteiger partial charge in [-0.2, -0.15) is 0 Å². The molecule has 0 aromatic heterocycles. The van der Waals surface area contributed by atoms with Crippen LogP contribution in [0.25, 0.3) is 0 Å². The van der Waals surface area contributed by atoms with Gasteiger partial charge in [-0.15, -0.1) is 0 Å². The van der Waals surface area contributed by atoms with Crippen LogP contribution >= 0.6 is 0 Å². The van der Waals surface area contributed by atoms with Crippen molar-refractivity contribution in [3.63, 3.8) is 0 Å². The highest BCUT2D eigenvalue weighted by atomic mass is 16.5. The van der Waals surface area contributed by atoms with E-state index >= 15 is 0 Å². The molecule has 0 aromatic rings.